The predicted octanol–water partition coefficient (Wildman–Crippen LogP) is 3.75. The first-order chi connectivity index (χ1) is 13.8. The summed E-state index contributed by atoms with van der Waals surface area (Å²) in [6.07, 6.45) is 2.29. The number of amides is 1. The number of benzene rings is 2. The van der Waals surface area contributed by atoms with Crippen LogP contribution in [0.2, 0.25) is 0 Å². The van der Waals surface area contributed by atoms with Crippen LogP contribution in [0.25, 0.3) is 0 Å². The zero-order valence-corrected chi connectivity index (χ0v) is 16.3. The van der Waals surface area contributed by atoms with Crippen molar-refractivity contribution in [1.29, 1.82) is 0 Å². The van der Waals surface area contributed by atoms with E-state index < -0.39 is 0 Å². The molecule has 1 amide bonds. The molecule has 28 heavy (non-hydrogen) atoms. The molecule has 2 heterocycles. The molecule has 7 heteroatoms. The van der Waals surface area contributed by atoms with E-state index in [-0.39, 0.29) is 12.0 Å². The highest BCUT2D eigenvalue weighted by Gasteiger charge is 2.16. The summed E-state index contributed by atoms with van der Waals surface area (Å²) in [4.78, 5) is 13.3. The molecule has 0 spiro atoms. The van der Waals surface area contributed by atoms with Gasteiger partial charge in [0, 0.05) is 23.3 Å². The Kier molecular flexibility index (Phi) is 6.24. The highest BCUT2D eigenvalue weighted by atomic mass is 32.2. The lowest BCUT2D eigenvalue weighted by molar-refractivity contribution is -0.113. The van der Waals surface area contributed by atoms with E-state index >= 15 is 0 Å². The first kappa shape index (κ1) is 19.0. The summed E-state index contributed by atoms with van der Waals surface area (Å²) in [6, 6.07) is 13.2. The number of nitrogens with one attached hydrogen (secondary N) is 1. The average molecular weight is 401 g/mol. The van der Waals surface area contributed by atoms with E-state index in [1.54, 1.807) is 0 Å². The highest BCUT2D eigenvalue weighted by molar-refractivity contribution is 8.00. The lowest BCUT2D eigenvalue weighted by Crippen LogP contribution is -2.17. The molecule has 0 aromatic heterocycles. The lowest BCUT2D eigenvalue weighted by atomic mass is 10.2. The Morgan fingerprint density at radius 2 is 2.00 bits per heavy atom. The summed E-state index contributed by atoms with van der Waals surface area (Å²) in [5.41, 5.74) is 0.720. The molecule has 0 aliphatic carbocycles. The predicted molar refractivity (Wildman–Crippen MR) is 108 cm³/mol. The van der Waals surface area contributed by atoms with E-state index in [1.165, 1.54) is 11.8 Å². The molecule has 2 aliphatic rings. The van der Waals surface area contributed by atoms with Gasteiger partial charge >= 0.3 is 0 Å². The lowest BCUT2D eigenvalue weighted by Gasteiger charge is -2.18. The summed E-state index contributed by atoms with van der Waals surface area (Å²) in [7, 11) is 0. The summed E-state index contributed by atoms with van der Waals surface area (Å²) < 4.78 is 22.4. The van der Waals surface area contributed by atoms with Crippen LogP contribution in [0.1, 0.15) is 12.8 Å². The van der Waals surface area contributed by atoms with Crippen LogP contribution in [0, 0.1) is 0 Å². The summed E-state index contributed by atoms with van der Waals surface area (Å²) in [5, 5.41) is 2.92. The van der Waals surface area contributed by atoms with Gasteiger partial charge in [0.2, 0.25) is 5.91 Å². The molecular weight excluding hydrogens is 378 g/mol. The molecule has 0 radical (unpaired) electrons. The quantitative estimate of drug-likeness (QED) is 0.713. The minimum Gasteiger partial charge on any atom is -0.491 e. The van der Waals surface area contributed by atoms with Gasteiger partial charge in [-0.25, -0.2) is 0 Å². The Morgan fingerprint density at radius 1 is 1.11 bits per heavy atom. The van der Waals surface area contributed by atoms with Crippen molar-refractivity contribution in [3.63, 3.8) is 0 Å². The van der Waals surface area contributed by atoms with Gasteiger partial charge in [0.25, 0.3) is 0 Å². The SMILES string of the molecule is O=C(CSc1ccc2c(c1)OCCO2)Nc1cccc(OCC2CCCO2)c1. The summed E-state index contributed by atoms with van der Waals surface area (Å²) in [6.45, 7) is 2.47. The Hall–Kier alpha value is -2.38. The molecule has 1 N–H and O–H groups in total. The van der Waals surface area contributed by atoms with Crippen LogP contribution in [-0.4, -0.2) is 44.2 Å². The number of anilines is 1. The highest BCUT2D eigenvalue weighted by Crippen LogP contribution is 2.34. The topological polar surface area (TPSA) is 66.0 Å². The molecule has 2 aromatic rings. The van der Waals surface area contributed by atoms with Gasteiger partial charge in [-0.05, 0) is 43.2 Å². The molecular formula is C21H23NO5S. The van der Waals surface area contributed by atoms with Crippen molar-refractivity contribution in [2.75, 3.05) is 37.5 Å². The summed E-state index contributed by atoms with van der Waals surface area (Å²) >= 11 is 1.46. The second-order valence-electron chi connectivity index (χ2n) is 6.62. The van der Waals surface area contributed by atoms with Crippen molar-refractivity contribution in [1.82, 2.24) is 0 Å². The molecule has 0 saturated carbocycles. The van der Waals surface area contributed by atoms with Gasteiger partial charge in [0.05, 0.1) is 11.9 Å². The first-order valence-corrected chi connectivity index (χ1v) is 10.4. The molecule has 4 rings (SSSR count). The largest absolute Gasteiger partial charge is 0.491 e. The summed E-state index contributed by atoms with van der Waals surface area (Å²) in [5.74, 6) is 2.44. The number of thioether (sulfide) groups is 1. The Morgan fingerprint density at radius 3 is 2.86 bits per heavy atom. The minimum absolute atomic E-state index is 0.0730. The number of carbonyl (C=O) groups is 1. The van der Waals surface area contributed by atoms with Gasteiger partial charge in [-0.15, -0.1) is 11.8 Å². The van der Waals surface area contributed by atoms with E-state index in [9.17, 15) is 4.79 Å². The zero-order valence-electron chi connectivity index (χ0n) is 15.5. The Labute approximate surface area is 168 Å². The van der Waals surface area contributed by atoms with Crippen molar-refractivity contribution >= 4 is 23.4 Å². The molecule has 1 atom stereocenters. The third kappa shape index (κ3) is 5.11. The third-order valence-electron chi connectivity index (χ3n) is 4.46. The van der Waals surface area contributed by atoms with Gasteiger partial charge in [-0.1, -0.05) is 6.07 Å². The van der Waals surface area contributed by atoms with Crippen molar-refractivity contribution in [2.45, 2.75) is 23.8 Å². The molecule has 2 aromatic carbocycles. The standard InChI is InChI=1S/C21H23NO5S/c23-21(14-28-18-6-7-19-20(12-18)26-10-9-25-19)22-15-3-1-4-16(11-15)27-13-17-5-2-8-24-17/h1,3-4,6-7,11-12,17H,2,5,8-10,13-14H2,(H,22,23). The average Bonchev–Trinajstić information content (AvgIpc) is 3.25. The monoisotopic (exact) mass is 401 g/mol. The second-order valence-corrected chi connectivity index (χ2v) is 7.66. The number of hydrogen-bond donors (Lipinski definition) is 1. The van der Waals surface area contributed by atoms with Crippen molar-refractivity contribution < 1.29 is 23.7 Å². The maximum absolute atomic E-state index is 12.3. The normalized spacial score (nSPS) is 17.9. The number of ether oxygens (including phenoxy) is 4. The van der Waals surface area contributed by atoms with Crippen LogP contribution >= 0.6 is 11.8 Å². The minimum atomic E-state index is -0.0730. The molecule has 6 nitrogen and oxygen atoms in total. The first-order valence-electron chi connectivity index (χ1n) is 9.43. The van der Waals surface area contributed by atoms with E-state index in [4.69, 9.17) is 18.9 Å². The van der Waals surface area contributed by atoms with Crippen molar-refractivity contribution in [2.24, 2.45) is 0 Å². The Balaban J connectivity index is 1.27. The fraction of sp³-hybridized carbons (Fsp3) is 0.381. The van der Waals surface area contributed by atoms with E-state index in [2.05, 4.69) is 5.32 Å². The molecule has 1 fully saturated rings. The molecule has 0 bridgehead atoms. The number of rotatable bonds is 7. The van der Waals surface area contributed by atoms with Gasteiger partial charge < -0.3 is 24.3 Å². The number of carbonyl (C=O) groups excluding carboxylic acids is 1. The van der Waals surface area contributed by atoms with Crippen molar-refractivity contribution in [3.05, 3.63) is 42.5 Å². The molecule has 148 valence electrons. The van der Waals surface area contributed by atoms with Crippen LogP contribution in [0.5, 0.6) is 17.2 Å². The van der Waals surface area contributed by atoms with Crippen LogP contribution in [0.3, 0.4) is 0 Å². The Bertz CT molecular complexity index is 822. The zero-order chi connectivity index (χ0) is 19.2. The second kappa shape index (κ2) is 9.21. The molecule has 1 unspecified atom stereocenters. The van der Waals surface area contributed by atoms with E-state index in [0.717, 1.165) is 47.3 Å². The fourth-order valence-corrected chi connectivity index (χ4v) is 3.81. The molecule has 2 aliphatic heterocycles. The maximum atomic E-state index is 12.3. The van der Waals surface area contributed by atoms with Crippen LogP contribution in [0.15, 0.2) is 47.4 Å². The van der Waals surface area contributed by atoms with Crippen molar-refractivity contribution in [3.8, 4) is 17.2 Å². The third-order valence-corrected chi connectivity index (χ3v) is 5.46. The van der Waals surface area contributed by atoms with Crippen LogP contribution in [-0.2, 0) is 9.53 Å². The van der Waals surface area contributed by atoms with Gasteiger partial charge in [0.1, 0.15) is 25.6 Å². The fourth-order valence-electron chi connectivity index (χ4n) is 3.09. The van der Waals surface area contributed by atoms with E-state index in [1.807, 2.05) is 42.5 Å². The van der Waals surface area contributed by atoms with Gasteiger partial charge in [0.15, 0.2) is 11.5 Å². The van der Waals surface area contributed by atoms with E-state index in [0.29, 0.717) is 25.6 Å². The molecule has 1 saturated heterocycles. The van der Waals surface area contributed by atoms with Crippen LogP contribution < -0.4 is 19.5 Å². The van der Waals surface area contributed by atoms with Gasteiger partial charge in [-0.2, -0.15) is 0 Å². The number of hydrogen-bond acceptors (Lipinski definition) is 6. The van der Waals surface area contributed by atoms with Gasteiger partial charge in [-0.3, -0.25) is 4.79 Å². The maximum Gasteiger partial charge on any atom is 0.234 e. The smallest absolute Gasteiger partial charge is 0.234 e. The van der Waals surface area contributed by atoms with Crippen LogP contribution in [0.4, 0.5) is 5.69 Å². The number of fused-ring (bicyclic) bond motifs is 1.